The van der Waals surface area contributed by atoms with Crippen molar-refractivity contribution in [2.24, 2.45) is 0 Å². The Morgan fingerprint density at radius 3 is 2.44 bits per heavy atom. The maximum Gasteiger partial charge on any atom is 0.255 e. The Morgan fingerprint density at radius 2 is 1.74 bits per heavy atom. The Balaban J connectivity index is 1.51. The molecule has 6 heteroatoms. The second-order valence-electron chi connectivity index (χ2n) is 7.47. The molecule has 0 spiro atoms. The Kier molecular flexibility index (Phi) is 4.90. The number of fused-ring (bicyclic) bond motifs is 2. The number of aryl methyl sites for hydroxylation is 1. The number of amides is 2. The van der Waals surface area contributed by atoms with Crippen molar-refractivity contribution in [2.75, 3.05) is 5.32 Å². The largest absolute Gasteiger partial charge is 0.349 e. The van der Waals surface area contributed by atoms with Gasteiger partial charge < -0.3 is 16.0 Å². The molecule has 2 aromatic rings. The van der Waals surface area contributed by atoms with Crippen molar-refractivity contribution in [3.8, 4) is 0 Å². The third-order valence-electron chi connectivity index (χ3n) is 5.51. The lowest BCUT2D eigenvalue weighted by Crippen LogP contribution is -2.48. The summed E-state index contributed by atoms with van der Waals surface area (Å²) in [5, 5.41) is 9.66. The predicted octanol–water partition coefficient (Wildman–Crippen LogP) is 2.66. The first-order valence-electron chi connectivity index (χ1n) is 9.48. The van der Waals surface area contributed by atoms with Gasteiger partial charge in [0.1, 0.15) is 0 Å². The molecule has 0 radical (unpaired) electrons. The maximum absolute atomic E-state index is 12.9. The average molecular weight is 364 g/mol. The zero-order chi connectivity index (χ0) is 18.8. The SMILES string of the molecule is Cc1cccc(C(=O)NC2CC3CCC(C2)N3)c1NC(=O)c1ccncc1. The fourth-order valence-corrected chi connectivity index (χ4v) is 4.15. The van der Waals surface area contributed by atoms with Crippen LogP contribution in [-0.2, 0) is 0 Å². The second kappa shape index (κ2) is 7.48. The predicted molar refractivity (Wildman–Crippen MR) is 104 cm³/mol. The van der Waals surface area contributed by atoms with E-state index >= 15 is 0 Å². The van der Waals surface area contributed by atoms with Crippen molar-refractivity contribution in [1.82, 2.24) is 15.6 Å². The normalized spacial score (nSPS) is 23.7. The molecule has 6 nitrogen and oxygen atoms in total. The number of nitrogens with one attached hydrogen (secondary N) is 3. The van der Waals surface area contributed by atoms with Crippen molar-refractivity contribution >= 4 is 17.5 Å². The molecule has 2 fully saturated rings. The quantitative estimate of drug-likeness (QED) is 0.779. The average Bonchev–Trinajstić information content (AvgIpc) is 3.02. The van der Waals surface area contributed by atoms with E-state index in [0.29, 0.717) is 28.9 Å². The molecule has 0 aliphatic carbocycles. The number of anilines is 1. The van der Waals surface area contributed by atoms with Gasteiger partial charge in [0, 0.05) is 36.1 Å². The molecule has 140 valence electrons. The number of pyridine rings is 1. The van der Waals surface area contributed by atoms with Crippen LogP contribution in [0.5, 0.6) is 0 Å². The van der Waals surface area contributed by atoms with E-state index in [1.807, 2.05) is 19.1 Å². The van der Waals surface area contributed by atoms with Gasteiger partial charge >= 0.3 is 0 Å². The zero-order valence-electron chi connectivity index (χ0n) is 15.4. The van der Waals surface area contributed by atoms with Crippen LogP contribution in [0.4, 0.5) is 5.69 Å². The summed E-state index contributed by atoms with van der Waals surface area (Å²) in [7, 11) is 0. The van der Waals surface area contributed by atoms with Crippen molar-refractivity contribution in [3.63, 3.8) is 0 Å². The van der Waals surface area contributed by atoms with E-state index in [2.05, 4.69) is 20.9 Å². The van der Waals surface area contributed by atoms with E-state index in [4.69, 9.17) is 0 Å². The van der Waals surface area contributed by atoms with E-state index in [1.54, 1.807) is 30.6 Å². The molecular weight excluding hydrogens is 340 g/mol. The van der Waals surface area contributed by atoms with Gasteiger partial charge in [-0.3, -0.25) is 14.6 Å². The van der Waals surface area contributed by atoms with E-state index in [1.165, 1.54) is 12.8 Å². The monoisotopic (exact) mass is 364 g/mol. The molecule has 2 atom stereocenters. The van der Waals surface area contributed by atoms with Gasteiger partial charge in [0.05, 0.1) is 11.3 Å². The fourth-order valence-electron chi connectivity index (χ4n) is 4.15. The van der Waals surface area contributed by atoms with Gasteiger partial charge in [0.25, 0.3) is 11.8 Å². The topological polar surface area (TPSA) is 83.1 Å². The highest BCUT2D eigenvalue weighted by molar-refractivity contribution is 6.09. The van der Waals surface area contributed by atoms with Crippen LogP contribution in [0.15, 0.2) is 42.7 Å². The number of hydrogen-bond donors (Lipinski definition) is 3. The van der Waals surface area contributed by atoms with Crippen LogP contribution in [0.3, 0.4) is 0 Å². The van der Waals surface area contributed by atoms with Gasteiger partial charge in [-0.1, -0.05) is 12.1 Å². The minimum atomic E-state index is -0.249. The second-order valence-corrected chi connectivity index (χ2v) is 7.47. The fraction of sp³-hybridized carbons (Fsp3) is 0.381. The van der Waals surface area contributed by atoms with Crippen LogP contribution in [0.25, 0.3) is 0 Å². The Bertz CT molecular complexity index is 841. The molecule has 27 heavy (non-hydrogen) atoms. The standard InChI is InChI=1S/C21H24N4O2/c1-13-3-2-4-18(19(13)25-20(26)14-7-9-22-10-8-14)21(27)24-17-11-15-5-6-16(12-17)23-15/h2-4,7-10,15-17,23H,5-6,11-12H2,1H3,(H,24,27)(H,25,26). The summed E-state index contributed by atoms with van der Waals surface area (Å²) in [5.74, 6) is -0.379. The molecule has 2 bridgehead atoms. The lowest BCUT2D eigenvalue weighted by atomic mass is 9.99. The molecule has 0 saturated carbocycles. The van der Waals surface area contributed by atoms with Gasteiger partial charge in [-0.2, -0.15) is 0 Å². The van der Waals surface area contributed by atoms with E-state index in [9.17, 15) is 9.59 Å². The molecule has 4 rings (SSSR count). The molecule has 2 saturated heterocycles. The van der Waals surface area contributed by atoms with Crippen LogP contribution < -0.4 is 16.0 Å². The number of benzene rings is 1. The highest BCUT2D eigenvalue weighted by Gasteiger charge is 2.34. The van der Waals surface area contributed by atoms with Gasteiger partial charge in [-0.15, -0.1) is 0 Å². The van der Waals surface area contributed by atoms with Crippen molar-refractivity contribution in [1.29, 1.82) is 0 Å². The highest BCUT2D eigenvalue weighted by Crippen LogP contribution is 2.28. The molecule has 3 N–H and O–H groups in total. The first-order chi connectivity index (χ1) is 13.1. The number of carbonyl (C=O) groups is 2. The lowest BCUT2D eigenvalue weighted by molar-refractivity contribution is 0.0925. The minimum absolute atomic E-state index is 0.130. The number of hydrogen-bond acceptors (Lipinski definition) is 4. The summed E-state index contributed by atoms with van der Waals surface area (Å²) >= 11 is 0. The lowest BCUT2D eigenvalue weighted by Gasteiger charge is -2.30. The Labute approximate surface area is 158 Å². The summed E-state index contributed by atoms with van der Waals surface area (Å²) in [5.41, 5.74) is 2.43. The van der Waals surface area contributed by atoms with Crippen LogP contribution in [0.1, 0.15) is 52.0 Å². The third-order valence-corrected chi connectivity index (χ3v) is 5.51. The molecule has 3 heterocycles. The maximum atomic E-state index is 12.9. The molecule has 2 aliphatic rings. The number of aromatic nitrogens is 1. The van der Waals surface area contributed by atoms with Crippen molar-refractivity contribution in [2.45, 2.75) is 50.7 Å². The zero-order valence-corrected chi connectivity index (χ0v) is 15.4. The number of piperidine rings is 1. The molecule has 1 aromatic carbocycles. The number of rotatable bonds is 4. The summed E-state index contributed by atoms with van der Waals surface area (Å²) in [6.45, 7) is 1.89. The van der Waals surface area contributed by atoms with Gasteiger partial charge in [0.2, 0.25) is 0 Å². The van der Waals surface area contributed by atoms with E-state index < -0.39 is 0 Å². The number of nitrogens with zero attached hydrogens (tertiary/aromatic N) is 1. The summed E-state index contributed by atoms with van der Waals surface area (Å²) < 4.78 is 0. The van der Waals surface area contributed by atoms with E-state index in [0.717, 1.165) is 18.4 Å². The van der Waals surface area contributed by atoms with Crippen LogP contribution in [0.2, 0.25) is 0 Å². The molecule has 2 unspecified atom stereocenters. The first-order valence-corrected chi connectivity index (χ1v) is 9.48. The Hall–Kier alpha value is -2.73. The smallest absolute Gasteiger partial charge is 0.255 e. The Morgan fingerprint density at radius 1 is 1.04 bits per heavy atom. The van der Waals surface area contributed by atoms with Gasteiger partial charge in [-0.25, -0.2) is 0 Å². The molecule has 1 aromatic heterocycles. The third kappa shape index (κ3) is 3.85. The first kappa shape index (κ1) is 17.7. The van der Waals surface area contributed by atoms with Gasteiger partial charge in [-0.05, 0) is 56.4 Å². The van der Waals surface area contributed by atoms with Crippen LogP contribution in [0, 0.1) is 6.92 Å². The molecular formula is C21H24N4O2. The minimum Gasteiger partial charge on any atom is -0.349 e. The van der Waals surface area contributed by atoms with Crippen LogP contribution >= 0.6 is 0 Å². The summed E-state index contributed by atoms with van der Waals surface area (Å²) in [6, 6.07) is 10.0. The van der Waals surface area contributed by atoms with Gasteiger partial charge in [0.15, 0.2) is 0 Å². The summed E-state index contributed by atoms with van der Waals surface area (Å²) in [4.78, 5) is 29.4. The number of para-hydroxylation sites is 1. The summed E-state index contributed by atoms with van der Waals surface area (Å²) in [6.07, 6.45) is 7.46. The number of carbonyl (C=O) groups excluding carboxylic acids is 2. The highest BCUT2D eigenvalue weighted by atomic mass is 16.2. The van der Waals surface area contributed by atoms with E-state index in [-0.39, 0.29) is 17.9 Å². The van der Waals surface area contributed by atoms with Crippen molar-refractivity contribution < 1.29 is 9.59 Å². The molecule has 2 aliphatic heterocycles. The molecule has 2 amide bonds. The van der Waals surface area contributed by atoms with Crippen molar-refractivity contribution in [3.05, 3.63) is 59.4 Å². The van der Waals surface area contributed by atoms with Crippen LogP contribution in [-0.4, -0.2) is 34.9 Å².